The first kappa shape index (κ1) is 58.6. The molecule has 0 bridgehead atoms. The van der Waals surface area contributed by atoms with Crippen LogP contribution in [-0.2, 0) is 38.3 Å². The summed E-state index contributed by atoms with van der Waals surface area (Å²) in [5, 5.41) is 30.7. The van der Waals surface area contributed by atoms with Crippen molar-refractivity contribution >= 4 is 16.4 Å². The second kappa shape index (κ2) is 41.0. The zero-order valence-corrected chi connectivity index (χ0v) is 40.0. The van der Waals surface area contributed by atoms with Crippen LogP contribution in [0.25, 0.3) is 0 Å². The number of aliphatic hydroxyl groups excluding tert-OH is 3. The van der Waals surface area contributed by atoms with Gasteiger partial charge in [0.2, 0.25) is 0 Å². The minimum atomic E-state index is -5.06. The number of aliphatic hydroxyl groups is 3. The lowest BCUT2D eigenvalue weighted by molar-refractivity contribution is -0.301. The van der Waals surface area contributed by atoms with Crippen LogP contribution in [0.1, 0.15) is 219 Å². The minimum absolute atomic E-state index is 0.0344. The van der Waals surface area contributed by atoms with Gasteiger partial charge in [-0.3, -0.25) is 9.35 Å². The Morgan fingerprint density at radius 3 is 1.47 bits per heavy atom. The lowest BCUT2D eigenvalue weighted by Gasteiger charge is -2.41. The number of carbonyl (C=O) groups is 1. The fourth-order valence-electron chi connectivity index (χ4n) is 7.72. The molecule has 0 spiro atoms. The van der Waals surface area contributed by atoms with E-state index in [1.165, 1.54) is 135 Å². The fourth-order valence-corrected chi connectivity index (χ4v) is 8.23. The van der Waals surface area contributed by atoms with Crippen molar-refractivity contribution in [3.8, 4) is 0 Å². The molecule has 0 saturated carbocycles. The van der Waals surface area contributed by atoms with E-state index in [0.29, 0.717) is 13.0 Å². The molecule has 366 valence electrons. The van der Waals surface area contributed by atoms with Crippen molar-refractivity contribution < 1.29 is 56.2 Å². The molecule has 0 aromatic rings. The van der Waals surface area contributed by atoms with E-state index < -0.39 is 59.8 Å². The lowest BCUT2D eigenvalue weighted by atomic mass is 9.99. The zero-order valence-electron chi connectivity index (χ0n) is 39.2. The molecule has 62 heavy (non-hydrogen) atoms. The molecule has 0 aliphatic carbocycles. The maximum absolute atomic E-state index is 12.9. The summed E-state index contributed by atoms with van der Waals surface area (Å²) in [4.78, 5) is 12.9. The molecular weight excluding hydrogens is 813 g/mol. The second-order valence-corrected chi connectivity index (χ2v) is 18.4. The van der Waals surface area contributed by atoms with Gasteiger partial charge in [-0.1, -0.05) is 173 Å². The predicted octanol–water partition coefficient (Wildman–Crippen LogP) is 11.2. The van der Waals surface area contributed by atoms with Gasteiger partial charge in [0.05, 0.1) is 19.8 Å². The third-order valence-corrected chi connectivity index (χ3v) is 12.0. The quantitative estimate of drug-likeness (QED) is 0.0197. The molecule has 1 fully saturated rings. The Morgan fingerprint density at radius 1 is 0.597 bits per heavy atom. The Labute approximate surface area is 378 Å². The third kappa shape index (κ3) is 34.0. The number of esters is 1. The topological polar surface area (TPSA) is 178 Å². The van der Waals surface area contributed by atoms with Gasteiger partial charge in [0, 0.05) is 13.0 Å². The van der Waals surface area contributed by atoms with Crippen LogP contribution in [0, 0.1) is 0 Å². The number of allylic oxidation sites excluding steroid dienone is 4. The van der Waals surface area contributed by atoms with Crippen molar-refractivity contribution in [1.82, 2.24) is 0 Å². The first-order valence-corrected chi connectivity index (χ1v) is 26.5. The number of hydrogen-bond acceptors (Lipinski definition) is 11. The van der Waals surface area contributed by atoms with Crippen molar-refractivity contribution in [2.45, 2.75) is 256 Å². The van der Waals surface area contributed by atoms with E-state index in [9.17, 15) is 33.1 Å². The van der Waals surface area contributed by atoms with Gasteiger partial charge >= 0.3 is 16.4 Å². The summed E-state index contributed by atoms with van der Waals surface area (Å²) in [5.41, 5.74) is 0. The Kier molecular flexibility index (Phi) is 38.8. The van der Waals surface area contributed by atoms with Crippen molar-refractivity contribution in [3.05, 3.63) is 24.3 Å². The number of ether oxygens (including phenoxy) is 4. The van der Waals surface area contributed by atoms with E-state index in [1.54, 1.807) is 0 Å². The van der Waals surface area contributed by atoms with Crippen LogP contribution >= 0.6 is 0 Å². The second-order valence-electron chi connectivity index (χ2n) is 17.4. The average molecular weight is 905 g/mol. The van der Waals surface area contributed by atoms with E-state index >= 15 is 0 Å². The SMILES string of the molecule is CCCCCC/C=C\CCCCCCCC(=O)OC(COCCCCCCCCCCCC/C=C\CCCCCCCCCC)COC1OC(CO)C(O)C(OS(=O)(=O)O)C1O. The average Bonchev–Trinajstić information content (AvgIpc) is 3.24. The first-order chi connectivity index (χ1) is 30.1. The molecule has 12 nitrogen and oxygen atoms in total. The highest BCUT2D eigenvalue weighted by Gasteiger charge is 2.48. The molecule has 1 rings (SSSR count). The van der Waals surface area contributed by atoms with Gasteiger partial charge in [-0.2, -0.15) is 8.42 Å². The summed E-state index contributed by atoms with van der Waals surface area (Å²) < 4.78 is 59.1. The molecule has 6 unspecified atom stereocenters. The number of hydrogen-bond donors (Lipinski definition) is 4. The normalized spacial score (nSPS) is 20.1. The smallest absolute Gasteiger partial charge is 0.397 e. The molecule has 6 atom stereocenters. The number of rotatable bonds is 44. The molecule has 1 heterocycles. The van der Waals surface area contributed by atoms with Crippen LogP contribution < -0.4 is 0 Å². The molecular formula is C49H92O12S. The summed E-state index contributed by atoms with van der Waals surface area (Å²) in [7, 11) is -5.06. The molecule has 13 heteroatoms. The van der Waals surface area contributed by atoms with Crippen molar-refractivity contribution in [1.29, 1.82) is 0 Å². The molecule has 1 aliphatic heterocycles. The van der Waals surface area contributed by atoms with Crippen molar-refractivity contribution in [2.24, 2.45) is 0 Å². The highest BCUT2D eigenvalue weighted by Crippen LogP contribution is 2.26. The molecule has 0 aromatic carbocycles. The van der Waals surface area contributed by atoms with Crippen LogP contribution in [0.3, 0.4) is 0 Å². The van der Waals surface area contributed by atoms with Gasteiger partial charge in [0.15, 0.2) is 6.29 Å². The third-order valence-electron chi connectivity index (χ3n) is 11.5. The molecule has 4 N–H and O–H groups in total. The largest absolute Gasteiger partial charge is 0.457 e. The predicted molar refractivity (Wildman–Crippen MR) is 248 cm³/mol. The summed E-state index contributed by atoms with van der Waals surface area (Å²) in [6.07, 6.45) is 37.9. The number of carbonyl (C=O) groups excluding carboxylic acids is 1. The van der Waals surface area contributed by atoms with Crippen LogP contribution in [0.4, 0.5) is 0 Å². The van der Waals surface area contributed by atoms with E-state index in [2.05, 4.69) is 42.3 Å². The van der Waals surface area contributed by atoms with Gasteiger partial charge in [-0.25, -0.2) is 4.18 Å². The van der Waals surface area contributed by atoms with Gasteiger partial charge < -0.3 is 34.3 Å². The van der Waals surface area contributed by atoms with Crippen molar-refractivity contribution in [3.63, 3.8) is 0 Å². The fraction of sp³-hybridized carbons (Fsp3) is 0.898. The standard InChI is InChI=1S/C49H92O12S/c1-3-5-7-9-11-13-15-17-18-19-20-21-22-23-24-25-27-29-31-33-35-37-39-57-41-43(42-58-49-47(53)48(61-62(54,55)56)46(52)44(40-50)60-49)59-45(51)38-36-34-32-30-28-26-16-14-12-10-8-6-4-2/h14,16,19-20,43-44,46-50,52-53H,3-13,15,17-18,21-42H2,1-2H3,(H,54,55,56)/b16-14-,20-19-. The Balaban J connectivity index is 2.34. The molecule has 0 aromatic heterocycles. The van der Waals surface area contributed by atoms with E-state index in [4.69, 9.17) is 18.9 Å². The number of unbranched alkanes of at least 4 members (excludes halogenated alkanes) is 27. The summed E-state index contributed by atoms with van der Waals surface area (Å²) in [6, 6.07) is 0. The van der Waals surface area contributed by atoms with Crippen LogP contribution in [0.2, 0.25) is 0 Å². The summed E-state index contributed by atoms with van der Waals surface area (Å²) >= 11 is 0. The molecule has 0 amide bonds. The molecule has 1 saturated heterocycles. The first-order valence-electron chi connectivity index (χ1n) is 25.1. The maximum atomic E-state index is 12.9. The van der Waals surface area contributed by atoms with E-state index in [1.807, 2.05) is 0 Å². The van der Waals surface area contributed by atoms with Crippen LogP contribution in [0.5, 0.6) is 0 Å². The monoisotopic (exact) mass is 905 g/mol. The maximum Gasteiger partial charge on any atom is 0.397 e. The Morgan fingerprint density at radius 2 is 1.02 bits per heavy atom. The van der Waals surface area contributed by atoms with Gasteiger partial charge in [-0.15, -0.1) is 0 Å². The van der Waals surface area contributed by atoms with Crippen molar-refractivity contribution in [2.75, 3.05) is 26.4 Å². The lowest BCUT2D eigenvalue weighted by Crippen LogP contribution is -2.60. The molecule has 1 aliphatic rings. The van der Waals surface area contributed by atoms with Gasteiger partial charge in [0.1, 0.15) is 30.5 Å². The van der Waals surface area contributed by atoms with Crippen LogP contribution in [0.15, 0.2) is 24.3 Å². The Bertz CT molecular complexity index is 1180. The van der Waals surface area contributed by atoms with Crippen LogP contribution in [-0.4, -0.2) is 97.5 Å². The van der Waals surface area contributed by atoms with E-state index in [-0.39, 0.29) is 19.6 Å². The van der Waals surface area contributed by atoms with E-state index in [0.717, 1.165) is 57.8 Å². The summed E-state index contributed by atoms with van der Waals surface area (Å²) in [6.45, 7) is 3.98. The highest BCUT2D eigenvalue weighted by atomic mass is 32.3. The Hall–Kier alpha value is -1.42. The molecule has 0 radical (unpaired) electrons. The zero-order chi connectivity index (χ0) is 45.4. The summed E-state index contributed by atoms with van der Waals surface area (Å²) in [5.74, 6) is -0.407. The van der Waals surface area contributed by atoms with Gasteiger partial charge in [0.25, 0.3) is 0 Å². The highest BCUT2D eigenvalue weighted by molar-refractivity contribution is 7.80. The van der Waals surface area contributed by atoms with Gasteiger partial charge in [-0.05, 0) is 64.2 Å². The minimum Gasteiger partial charge on any atom is -0.457 e.